The van der Waals surface area contributed by atoms with E-state index in [1.54, 1.807) is 41.3 Å². The number of anilines is 1. The van der Waals surface area contributed by atoms with Crippen LogP contribution in [0.25, 0.3) is 0 Å². The summed E-state index contributed by atoms with van der Waals surface area (Å²) >= 11 is 6.12. The normalized spacial score (nSPS) is 21.8. The molecule has 1 saturated heterocycles. The van der Waals surface area contributed by atoms with Crippen LogP contribution in [0.3, 0.4) is 0 Å². The molecule has 0 aromatic heterocycles. The van der Waals surface area contributed by atoms with Crippen molar-refractivity contribution in [3.63, 3.8) is 0 Å². The number of nitrogens with one attached hydrogen (secondary N) is 2. The number of halogens is 1. The maximum Gasteiger partial charge on any atom is 0.411 e. The molecule has 3 unspecified atom stereocenters. The Bertz CT molecular complexity index is 1030. The van der Waals surface area contributed by atoms with Crippen LogP contribution >= 0.6 is 11.6 Å². The number of rotatable bonds is 5. The summed E-state index contributed by atoms with van der Waals surface area (Å²) in [5, 5.41) is 6.10. The Morgan fingerprint density at radius 3 is 2.58 bits per heavy atom. The zero-order valence-electron chi connectivity index (χ0n) is 18.6. The lowest BCUT2D eigenvalue weighted by Gasteiger charge is -2.33. The Morgan fingerprint density at radius 2 is 1.85 bits per heavy atom. The van der Waals surface area contributed by atoms with Gasteiger partial charge in [-0.2, -0.15) is 0 Å². The summed E-state index contributed by atoms with van der Waals surface area (Å²) in [5.41, 5.74) is 2.01. The van der Waals surface area contributed by atoms with E-state index in [0.29, 0.717) is 35.2 Å². The highest BCUT2D eigenvalue weighted by Crippen LogP contribution is 2.40. The topological polar surface area (TPSA) is 87.7 Å². The smallest absolute Gasteiger partial charge is 0.411 e. The SMILES string of the molecule is COC(=O)Nc1ccc(CNC(=O)C2CC3CCCCC3N2C(=O)c2cccc(Cl)c2)cc1. The van der Waals surface area contributed by atoms with E-state index in [1.165, 1.54) is 7.11 Å². The highest BCUT2D eigenvalue weighted by molar-refractivity contribution is 6.31. The third-order valence-electron chi connectivity index (χ3n) is 6.55. The Kier molecular flexibility index (Phi) is 7.18. The third kappa shape index (κ3) is 5.30. The monoisotopic (exact) mass is 469 g/mol. The molecule has 0 spiro atoms. The molecule has 1 aliphatic heterocycles. The summed E-state index contributed by atoms with van der Waals surface area (Å²) in [5.74, 6) is 0.0724. The molecular formula is C25H28ClN3O4. The molecule has 2 N–H and O–H groups in total. The lowest BCUT2D eigenvalue weighted by molar-refractivity contribution is -0.125. The van der Waals surface area contributed by atoms with Gasteiger partial charge in [0.1, 0.15) is 6.04 Å². The number of carbonyl (C=O) groups excluding carboxylic acids is 3. The Balaban J connectivity index is 1.45. The van der Waals surface area contributed by atoms with Gasteiger partial charge < -0.3 is 15.0 Å². The van der Waals surface area contributed by atoms with Gasteiger partial charge in [-0.15, -0.1) is 0 Å². The third-order valence-corrected chi connectivity index (χ3v) is 6.78. The van der Waals surface area contributed by atoms with Crippen molar-refractivity contribution in [2.45, 2.75) is 50.7 Å². The van der Waals surface area contributed by atoms with E-state index in [2.05, 4.69) is 15.4 Å². The molecule has 2 aromatic carbocycles. The number of carbonyl (C=O) groups is 3. The highest BCUT2D eigenvalue weighted by Gasteiger charge is 2.47. The molecule has 33 heavy (non-hydrogen) atoms. The van der Waals surface area contributed by atoms with Crippen LogP contribution in [-0.2, 0) is 16.1 Å². The van der Waals surface area contributed by atoms with Crippen molar-refractivity contribution in [1.82, 2.24) is 10.2 Å². The minimum atomic E-state index is -0.539. The largest absolute Gasteiger partial charge is 0.453 e. The van der Waals surface area contributed by atoms with E-state index in [0.717, 1.165) is 31.2 Å². The molecule has 174 valence electrons. The van der Waals surface area contributed by atoms with Crippen molar-refractivity contribution in [2.24, 2.45) is 5.92 Å². The van der Waals surface area contributed by atoms with Crippen LogP contribution in [0.1, 0.15) is 48.0 Å². The van der Waals surface area contributed by atoms with Crippen LogP contribution in [0, 0.1) is 5.92 Å². The van der Waals surface area contributed by atoms with Crippen LogP contribution in [0.5, 0.6) is 0 Å². The zero-order valence-corrected chi connectivity index (χ0v) is 19.3. The molecule has 2 aromatic rings. The number of likely N-dealkylation sites (tertiary alicyclic amines) is 1. The predicted octanol–water partition coefficient (Wildman–Crippen LogP) is 4.61. The van der Waals surface area contributed by atoms with Crippen molar-refractivity contribution < 1.29 is 19.1 Å². The fraction of sp³-hybridized carbons (Fsp3) is 0.400. The highest BCUT2D eigenvalue weighted by atomic mass is 35.5. The predicted molar refractivity (Wildman–Crippen MR) is 126 cm³/mol. The molecule has 0 radical (unpaired) electrons. The minimum absolute atomic E-state index is 0.0876. The molecule has 0 bridgehead atoms. The zero-order chi connectivity index (χ0) is 23.4. The van der Waals surface area contributed by atoms with Crippen molar-refractivity contribution in [3.05, 3.63) is 64.7 Å². The van der Waals surface area contributed by atoms with Gasteiger partial charge in [-0.3, -0.25) is 14.9 Å². The van der Waals surface area contributed by atoms with Crippen molar-refractivity contribution >= 4 is 35.2 Å². The van der Waals surface area contributed by atoms with Crippen LogP contribution < -0.4 is 10.6 Å². The number of nitrogens with zero attached hydrogens (tertiary/aromatic N) is 1. The summed E-state index contributed by atoms with van der Waals surface area (Å²) in [7, 11) is 1.30. The Labute approximate surface area is 198 Å². The molecule has 4 rings (SSSR count). The molecule has 3 atom stereocenters. The molecule has 2 fully saturated rings. The van der Waals surface area contributed by atoms with E-state index in [1.807, 2.05) is 12.1 Å². The summed E-state index contributed by atoms with van der Waals surface area (Å²) in [4.78, 5) is 39.8. The van der Waals surface area contributed by atoms with E-state index < -0.39 is 12.1 Å². The van der Waals surface area contributed by atoms with Gasteiger partial charge in [-0.05, 0) is 61.1 Å². The number of benzene rings is 2. The first kappa shape index (κ1) is 23.1. The van der Waals surface area contributed by atoms with E-state index in [-0.39, 0.29) is 17.9 Å². The van der Waals surface area contributed by atoms with E-state index >= 15 is 0 Å². The fourth-order valence-electron chi connectivity index (χ4n) is 4.94. The van der Waals surface area contributed by atoms with Gasteiger partial charge >= 0.3 is 6.09 Å². The maximum atomic E-state index is 13.4. The Hall–Kier alpha value is -3.06. The minimum Gasteiger partial charge on any atom is -0.453 e. The molecule has 1 heterocycles. The molecular weight excluding hydrogens is 442 g/mol. The Morgan fingerprint density at radius 1 is 1.09 bits per heavy atom. The van der Waals surface area contributed by atoms with Gasteiger partial charge in [0.05, 0.1) is 7.11 Å². The van der Waals surface area contributed by atoms with Crippen molar-refractivity contribution in [1.29, 1.82) is 0 Å². The molecule has 3 amide bonds. The van der Waals surface area contributed by atoms with Gasteiger partial charge in [0.2, 0.25) is 5.91 Å². The average molecular weight is 470 g/mol. The lowest BCUT2D eigenvalue weighted by Crippen LogP contribution is -2.49. The van der Waals surface area contributed by atoms with Gasteiger partial charge in [0, 0.05) is 28.9 Å². The molecule has 8 heteroatoms. The number of hydrogen-bond donors (Lipinski definition) is 2. The first-order chi connectivity index (χ1) is 16.0. The molecule has 1 aliphatic carbocycles. The van der Waals surface area contributed by atoms with Crippen LogP contribution in [0.15, 0.2) is 48.5 Å². The second-order valence-corrected chi connectivity index (χ2v) is 9.05. The average Bonchev–Trinajstić information content (AvgIpc) is 3.22. The standard InChI is InChI=1S/C25H28ClN3O4/c1-33-25(32)28-20-11-9-16(10-12-20)15-27-23(30)22-14-17-5-2-3-8-21(17)29(22)24(31)18-6-4-7-19(26)13-18/h4,6-7,9-13,17,21-22H,2-3,5,8,14-15H2,1H3,(H,27,30)(H,28,32). The number of amides is 3. The molecule has 1 saturated carbocycles. The van der Waals surface area contributed by atoms with E-state index in [9.17, 15) is 14.4 Å². The number of fused-ring (bicyclic) bond motifs is 1. The number of hydrogen-bond acceptors (Lipinski definition) is 4. The van der Waals surface area contributed by atoms with Crippen LogP contribution in [0.2, 0.25) is 5.02 Å². The van der Waals surface area contributed by atoms with Gasteiger partial charge in [0.15, 0.2) is 0 Å². The number of ether oxygens (including phenoxy) is 1. The van der Waals surface area contributed by atoms with Crippen LogP contribution in [-0.4, -0.2) is 42.0 Å². The quantitative estimate of drug-likeness (QED) is 0.669. The summed E-state index contributed by atoms with van der Waals surface area (Å²) in [6.07, 6.45) is 4.33. The maximum absolute atomic E-state index is 13.4. The second kappa shape index (κ2) is 10.3. The lowest BCUT2D eigenvalue weighted by atomic mass is 9.84. The molecule has 7 nitrogen and oxygen atoms in total. The van der Waals surface area contributed by atoms with Crippen LogP contribution in [0.4, 0.5) is 10.5 Å². The van der Waals surface area contributed by atoms with Crippen molar-refractivity contribution in [3.8, 4) is 0 Å². The van der Waals surface area contributed by atoms with Gasteiger partial charge in [-0.1, -0.05) is 42.6 Å². The summed E-state index contributed by atoms with van der Waals surface area (Å²) in [6, 6.07) is 13.7. The summed E-state index contributed by atoms with van der Waals surface area (Å²) < 4.78 is 4.58. The number of methoxy groups -OCH3 is 1. The van der Waals surface area contributed by atoms with Gasteiger partial charge in [0.25, 0.3) is 5.91 Å². The fourth-order valence-corrected chi connectivity index (χ4v) is 5.13. The van der Waals surface area contributed by atoms with Gasteiger partial charge in [-0.25, -0.2) is 4.79 Å². The second-order valence-electron chi connectivity index (χ2n) is 8.62. The van der Waals surface area contributed by atoms with E-state index in [4.69, 9.17) is 11.6 Å². The molecule has 2 aliphatic rings. The van der Waals surface area contributed by atoms with Crippen molar-refractivity contribution in [2.75, 3.05) is 12.4 Å². The summed E-state index contributed by atoms with van der Waals surface area (Å²) in [6.45, 7) is 0.336. The first-order valence-electron chi connectivity index (χ1n) is 11.3. The first-order valence-corrected chi connectivity index (χ1v) is 11.6.